The molecule has 5 heterocycles. The number of aromatic nitrogens is 2. The standard InChI is InChI=1S/C30H40N6O3S/c31-26(37)18-23-8-11-36(19-23)30-32-28(27-25(21-40-29(27)33-30)24-4-2-1-3-5-24)35-9-6-22(7-10-35)20-39-17-14-34-12-15-38-16-13-34/h1-5,21-23H,6-20H2,(H2,31,37). The van der Waals surface area contributed by atoms with E-state index in [0.29, 0.717) is 12.3 Å². The van der Waals surface area contributed by atoms with Gasteiger partial charge in [-0.1, -0.05) is 30.3 Å². The molecule has 3 saturated heterocycles. The van der Waals surface area contributed by atoms with Crippen molar-refractivity contribution in [3.8, 4) is 11.1 Å². The van der Waals surface area contributed by atoms with Gasteiger partial charge in [-0.3, -0.25) is 9.69 Å². The second kappa shape index (κ2) is 12.8. The van der Waals surface area contributed by atoms with E-state index in [-0.39, 0.29) is 11.8 Å². The van der Waals surface area contributed by atoms with Crippen molar-refractivity contribution < 1.29 is 14.3 Å². The van der Waals surface area contributed by atoms with Crippen LogP contribution in [0.25, 0.3) is 21.3 Å². The number of fused-ring (bicyclic) bond motifs is 1. The van der Waals surface area contributed by atoms with Gasteiger partial charge in [-0.05, 0) is 36.7 Å². The summed E-state index contributed by atoms with van der Waals surface area (Å²) in [6.07, 6.45) is 3.54. The molecular formula is C30H40N6O3S. The van der Waals surface area contributed by atoms with Gasteiger partial charge in [0.15, 0.2) is 0 Å². The lowest BCUT2D eigenvalue weighted by molar-refractivity contribution is -0.118. The average molecular weight is 565 g/mol. The first-order chi connectivity index (χ1) is 19.6. The molecule has 2 N–H and O–H groups in total. The lowest BCUT2D eigenvalue weighted by Gasteiger charge is -2.34. The molecule has 0 saturated carbocycles. The van der Waals surface area contributed by atoms with E-state index in [0.717, 1.165) is 113 Å². The predicted octanol–water partition coefficient (Wildman–Crippen LogP) is 3.63. The molecule has 1 aromatic carbocycles. The molecule has 1 unspecified atom stereocenters. The SMILES string of the molecule is NC(=O)CC1CCN(c2nc(N3CCC(COCCN4CCOCC4)CC3)c3c(-c4ccccc4)csc3n2)C1. The number of nitrogens with zero attached hydrogens (tertiary/aromatic N) is 5. The molecule has 6 rings (SSSR count). The van der Waals surface area contributed by atoms with Crippen molar-refractivity contribution in [2.24, 2.45) is 17.6 Å². The molecule has 0 aliphatic carbocycles. The molecule has 0 spiro atoms. The summed E-state index contributed by atoms with van der Waals surface area (Å²) < 4.78 is 11.6. The maximum absolute atomic E-state index is 11.5. The number of benzene rings is 1. The molecule has 9 nitrogen and oxygen atoms in total. The van der Waals surface area contributed by atoms with E-state index in [1.807, 2.05) is 0 Å². The molecule has 10 heteroatoms. The molecule has 40 heavy (non-hydrogen) atoms. The largest absolute Gasteiger partial charge is 0.380 e. The quantitative estimate of drug-likeness (QED) is 0.373. The Labute approximate surface area is 240 Å². The van der Waals surface area contributed by atoms with Crippen LogP contribution in [0.3, 0.4) is 0 Å². The number of ether oxygens (including phenoxy) is 2. The van der Waals surface area contributed by atoms with Crippen LogP contribution in [0.15, 0.2) is 35.7 Å². The molecule has 3 aliphatic heterocycles. The summed E-state index contributed by atoms with van der Waals surface area (Å²) >= 11 is 1.69. The minimum absolute atomic E-state index is 0.234. The van der Waals surface area contributed by atoms with E-state index < -0.39 is 0 Å². The van der Waals surface area contributed by atoms with E-state index in [1.165, 1.54) is 11.1 Å². The Morgan fingerprint density at radius 3 is 2.52 bits per heavy atom. The number of piperidine rings is 1. The second-order valence-electron chi connectivity index (χ2n) is 11.3. The molecule has 1 atom stereocenters. The van der Waals surface area contributed by atoms with Crippen molar-refractivity contribution >= 4 is 39.2 Å². The molecule has 1 amide bonds. The van der Waals surface area contributed by atoms with Gasteiger partial charge in [-0.15, -0.1) is 11.3 Å². The lowest BCUT2D eigenvalue weighted by atomic mass is 9.97. The Morgan fingerprint density at radius 2 is 1.75 bits per heavy atom. The number of rotatable bonds is 10. The molecule has 0 bridgehead atoms. The van der Waals surface area contributed by atoms with Crippen molar-refractivity contribution in [1.82, 2.24) is 14.9 Å². The topological polar surface area (TPSA) is 97.1 Å². The number of anilines is 2. The number of carbonyl (C=O) groups excluding carboxylic acids is 1. The van der Waals surface area contributed by atoms with E-state index in [2.05, 4.69) is 50.4 Å². The van der Waals surface area contributed by atoms with Gasteiger partial charge in [0.25, 0.3) is 0 Å². The zero-order valence-electron chi connectivity index (χ0n) is 23.2. The Balaban J connectivity index is 1.17. The number of hydrogen-bond donors (Lipinski definition) is 1. The maximum Gasteiger partial charge on any atom is 0.228 e. The van der Waals surface area contributed by atoms with Gasteiger partial charge in [0.2, 0.25) is 11.9 Å². The van der Waals surface area contributed by atoms with Crippen LogP contribution in [0.1, 0.15) is 25.7 Å². The van der Waals surface area contributed by atoms with Crippen molar-refractivity contribution in [3.63, 3.8) is 0 Å². The molecule has 3 aromatic rings. The first-order valence-corrected chi connectivity index (χ1v) is 15.5. The highest BCUT2D eigenvalue weighted by Crippen LogP contribution is 2.41. The highest BCUT2D eigenvalue weighted by Gasteiger charge is 2.29. The molecule has 3 aliphatic rings. The van der Waals surface area contributed by atoms with Gasteiger partial charge in [-0.2, -0.15) is 4.98 Å². The zero-order valence-corrected chi connectivity index (χ0v) is 24.0. The molecule has 2 aromatic heterocycles. The molecule has 214 valence electrons. The third kappa shape index (κ3) is 6.40. The Bertz CT molecular complexity index is 1270. The van der Waals surface area contributed by atoms with Crippen LogP contribution < -0.4 is 15.5 Å². The average Bonchev–Trinajstić information content (AvgIpc) is 3.63. The summed E-state index contributed by atoms with van der Waals surface area (Å²) in [5.41, 5.74) is 7.87. The Kier molecular flexibility index (Phi) is 8.77. The number of hydrogen-bond acceptors (Lipinski definition) is 9. The first-order valence-electron chi connectivity index (χ1n) is 14.6. The van der Waals surface area contributed by atoms with Crippen LogP contribution in [0.2, 0.25) is 0 Å². The number of amides is 1. The molecular weight excluding hydrogens is 524 g/mol. The van der Waals surface area contributed by atoms with Crippen molar-refractivity contribution in [2.45, 2.75) is 25.7 Å². The van der Waals surface area contributed by atoms with Crippen molar-refractivity contribution in [2.75, 3.05) is 82.0 Å². The van der Waals surface area contributed by atoms with Gasteiger partial charge in [0.05, 0.1) is 25.2 Å². The van der Waals surface area contributed by atoms with Gasteiger partial charge in [0, 0.05) is 69.8 Å². The van der Waals surface area contributed by atoms with E-state index >= 15 is 0 Å². The van der Waals surface area contributed by atoms with E-state index in [1.54, 1.807) is 11.3 Å². The predicted molar refractivity (Wildman–Crippen MR) is 160 cm³/mol. The van der Waals surface area contributed by atoms with E-state index in [9.17, 15) is 4.79 Å². The van der Waals surface area contributed by atoms with Gasteiger partial charge in [0.1, 0.15) is 10.6 Å². The fourth-order valence-electron chi connectivity index (χ4n) is 6.16. The minimum atomic E-state index is -0.234. The van der Waals surface area contributed by atoms with Crippen molar-refractivity contribution in [1.29, 1.82) is 0 Å². The van der Waals surface area contributed by atoms with Crippen molar-refractivity contribution in [3.05, 3.63) is 35.7 Å². The summed E-state index contributed by atoms with van der Waals surface area (Å²) in [7, 11) is 0. The van der Waals surface area contributed by atoms with Crippen LogP contribution in [-0.4, -0.2) is 93.0 Å². The lowest BCUT2D eigenvalue weighted by Crippen LogP contribution is -2.39. The van der Waals surface area contributed by atoms with Crippen LogP contribution in [0.5, 0.6) is 0 Å². The normalized spacial score (nSPS) is 20.9. The van der Waals surface area contributed by atoms with Crippen LogP contribution in [0.4, 0.5) is 11.8 Å². The van der Waals surface area contributed by atoms with Crippen LogP contribution in [0, 0.1) is 11.8 Å². The minimum Gasteiger partial charge on any atom is -0.380 e. The zero-order chi connectivity index (χ0) is 27.3. The summed E-state index contributed by atoms with van der Waals surface area (Å²) in [4.78, 5) is 29.9. The fraction of sp³-hybridized carbons (Fsp3) is 0.567. The Hall–Kier alpha value is -2.79. The number of nitrogens with two attached hydrogens (primary N) is 1. The Morgan fingerprint density at radius 1 is 1.00 bits per heavy atom. The second-order valence-corrected chi connectivity index (χ2v) is 12.1. The number of carbonyl (C=O) groups is 1. The van der Waals surface area contributed by atoms with Crippen LogP contribution >= 0.6 is 11.3 Å². The van der Waals surface area contributed by atoms with Gasteiger partial charge < -0.3 is 25.0 Å². The van der Waals surface area contributed by atoms with Gasteiger partial charge >= 0.3 is 0 Å². The summed E-state index contributed by atoms with van der Waals surface area (Å²) in [6.45, 7) is 9.82. The van der Waals surface area contributed by atoms with Crippen LogP contribution in [-0.2, 0) is 14.3 Å². The number of thiophene rings is 1. The molecule has 3 fully saturated rings. The number of primary amides is 1. The summed E-state index contributed by atoms with van der Waals surface area (Å²) in [6, 6.07) is 10.5. The van der Waals surface area contributed by atoms with E-state index in [4.69, 9.17) is 25.2 Å². The first kappa shape index (κ1) is 27.4. The fourth-order valence-corrected chi connectivity index (χ4v) is 7.10. The summed E-state index contributed by atoms with van der Waals surface area (Å²) in [5.74, 6) is 2.40. The monoisotopic (exact) mass is 564 g/mol. The third-order valence-corrected chi connectivity index (χ3v) is 9.34. The summed E-state index contributed by atoms with van der Waals surface area (Å²) in [5, 5.41) is 3.37. The highest BCUT2D eigenvalue weighted by molar-refractivity contribution is 7.17. The highest BCUT2D eigenvalue weighted by atomic mass is 32.1. The van der Waals surface area contributed by atoms with Gasteiger partial charge in [-0.25, -0.2) is 4.98 Å². The maximum atomic E-state index is 11.5. The molecule has 0 radical (unpaired) electrons. The smallest absolute Gasteiger partial charge is 0.228 e. The third-order valence-electron chi connectivity index (χ3n) is 8.47. The number of morpholine rings is 1.